The van der Waals surface area contributed by atoms with Gasteiger partial charge in [-0.05, 0) is 61.3 Å². The molecule has 4 rings (SSSR count). The van der Waals surface area contributed by atoms with E-state index in [1.807, 2.05) is 6.08 Å². The van der Waals surface area contributed by atoms with Crippen LogP contribution < -0.4 is 0 Å². The molecule has 0 radical (unpaired) electrons. The van der Waals surface area contributed by atoms with Crippen molar-refractivity contribution in [3.8, 4) is 0 Å². The zero-order valence-electron chi connectivity index (χ0n) is 27.9. The number of aliphatic hydroxyl groups is 1. The Morgan fingerprint density at radius 3 is 2.09 bits per heavy atom. The highest BCUT2D eigenvalue weighted by atomic mass is 16.6. The standard InChI is InChI=1S/C35H54O9/c1-19(2)10-9-11-20(3)27-12-13-28-33-29(17-32(44-24(7)39)35(27,28)18-41-21(4)36)34(8)25(15-30(33)42-22(5)37)14-26(40)16-31(34)43-23(6)38/h15,19-20,26-33,40H,9-14,16-18H2,1-8H3/t20-,26-,27-,28+,29+,30+,31-,32-,33+,34+,35-/m1/s1. The van der Waals surface area contributed by atoms with Gasteiger partial charge >= 0.3 is 23.9 Å². The fraction of sp³-hybridized carbons (Fsp3) is 0.829. The van der Waals surface area contributed by atoms with E-state index in [2.05, 4.69) is 27.7 Å². The molecule has 0 aromatic carbocycles. The molecule has 0 spiro atoms. The third kappa shape index (κ3) is 6.59. The number of ether oxygens (including phenoxy) is 4. The molecule has 1 N–H and O–H groups in total. The fourth-order valence-corrected chi connectivity index (χ4v) is 9.91. The number of hydrogen-bond donors (Lipinski definition) is 1. The van der Waals surface area contributed by atoms with Crippen molar-refractivity contribution >= 4 is 23.9 Å². The summed E-state index contributed by atoms with van der Waals surface area (Å²) in [6, 6.07) is 0. The molecular weight excluding hydrogens is 564 g/mol. The lowest BCUT2D eigenvalue weighted by atomic mass is 9.44. The summed E-state index contributed by atoms with van der Waals surface area (Å²) in [4.78, 5) is 50.0. The summed E-state index contributed by atoms with van der Waals surface area (Å²) in [6.07, 6.45) is 5.60. The molecule has 4 aliphatic carbocycles. The Morgan fingerprint density at radius 2 is 1.50 bits per heavy atom. The first-order valence-electron chi connectivity index (χ1n) is 16.6. The molecule has 44 heavy (non-hydrogen) atoms. The number of rotatable bonds is 10. The first kappa shape index (κ1) is 34.5. The SMILES string of the molecule is CC(=O)OC[C@@]12[C@@H]([C@H](C)CCCC(C)C)CC[C@H]1[C@@H]1[C@@H](OC(C)=O)C=C3C[C@@H](O)C[C@@H](OC(C)=O)[C@]3(C)[C@H]1C[C@H]2OC(C)=O. The van der Waals surface area contributed by atoms with Crippen LogP contribution in [0, 0.1) is 46.3 Å². The summed E-state index contributed by atoms with van der Waals surface area (Å²) >= 11 is 0. The highest BCUT2D eigenvalue weighted by Gasteiger charge is 2.70. The van der Waals surface area contributed by atoms with Gasteiger partial charge in [0.25, 0.3) is 0 Å². The molecular formula is C35H54O9. The lowest BCUT2D eigenvalue weighted by Crippen LogP contribution is -2.65. The van der Waals surface area contributed by atoms with Gasteiger partial charge in [0.1, 0.15) is 24.9 Å². The van der Waals surface area contributed by atoms with Crippen molar-refractivity contribution in [3.63, 3.8) is 0 Å². The first-order chi connectivity index (χ1) is 20.6. The molecule has 0 heterocycles. The largest absolute Gasteiger partial charge is 0.465 e. The van der Waals surface area contributed by atoms with E-state index in [1.165, 1.54) is 27.7 Å². The van der Waals surface area contributed by atoms with Crippen LogP contribution in [0.3, 0.4) is 0 Å². The van der Waals surface area contributed by atoms with Crippen molar-refractivity contribution in [3.05, 3.63) is 11.6 Å². The Hall–Kier alpha value is -2.42. The summed E-state index contributed by atoms with van der Waals surface area (Å²) in [5, 5.41) is 10.8. The molecule has 0 aliphatic heterocycles. The van der Waals surface area contributed by atoms with E-state index in [0.29, 0.717) is 31.1 Å². The second-order valence-electron chi connectivity index (χ2n) is 14.7. The van der Waals surface area contributed by atoms with Crippen LogP contribution in [0.5, 0.6) is 0 Å². The normalized spacial score (nSPS) is 38.4. The fourth-order valence-electron chi connectivity index (χ4n) is 9.91. The Morgan fingerprint density at radius 1 is 0.864 bits per heavy atom. The summed E-state index contributed by atoms with van der Waals surface area (Å²) in [5.41, 5.74) is -0.430. The molecule has 0 bridgehead atoms. The average Bonchev–Trinajstić information content (AvgIpc) is 3.29. The van der Waals surface area contributed by atoms with Gasteiger partial charge in [0.05, 0.1) is 6.10 Å². The number of hydrogen-bond acceptors (Lipinski definition) is 9. The Labute approximate surface area is 262 Å². The number of fused-ring (bicyclic) bond motifs is 5. The second-order valence-corrected chi connectivity index (χ2v) is 14.7. The zero-order valence-corrected chi connectivity index (χ0v) is 27.9. The quantitative estimate of drug-likeness (QED) is 0.190. The zero-order chi connectivity index (χ0) is 32.6. The lowest BCUT2D eigenvalue weighted by molar-refractivity contribution is -0.219. The minimum atomic E-state index is -0.702. The predicted octanol–water partition coefficient (Wildman–Crippen LogP) is 5.56. The van der Waals surface area contributed by atoms with Gasteiger partial charge in [-0.15, -0.1) is 0 Å². The van der Waals surface area contributed by atoms with Gasteiger partial charge in [-0.25, -0.2) is 0 Å². The van der Waals surface area contributed by atoms with E-state index in [9.17, 15) is 24.3 Å². The van der Waals surface area contributed by atoms with Crippen LogP contribution in [0.25, 0.3) is 0 Å². The van der Waals surface area contributed by atoms with Crippen LogP contribution >= 0.6 is 0 Å². The van der Waals surface area contributed by atoms with Crippen LogP contribution in [-0.4, -0.2) is 60.0 Å². The first-order valence-corrected chi connectivity index (χ1v) is 16.6. The summed E-state index contributed by atoms with van der Waals surface area (Å²) < 4.78 is 24.2. The van der Waals surface area contributed by atoms with Crippen molar-refractivity contribution < 1.29 is 43.2 Å². The van der Waals surface area contributed by atoms with Crippen LogP contribution in [0.15, 0.2) is 11.6 Å². The van der Waals surface area contributed by atoms with Gasteiger partial charge in [-0.2, -0.15) is 0 Å². The van der Waals surface area contributed by atoms with Crippen molar-refractivity contribution in [2.75, 3.05) is 6.61 Å². The maximum Gasteiger partial charge on any atom is 0.303 e. The topological polar surface area (TPSA) is 125 Å². The van der Waals surface area contributed by atoms with E-state index in [4.69, 9.17) is 18.9 Å². The number of aliphatic hydroxyl groups excluding tert-OH is 1. The highest BCUT2D eigenvalue weighted by Crippen LogP contribution is 2.68. The van der Waals surface area contributed by atoms with Gasteiger partial charge in [-0.3, -0.25) is 19.2 Å². The molecule has 9 heteroatoms. The molecule has 0 aromatic heterocycles. The highest BCUT2D eigenvalue weighted by molar-refractivity contribution is 5.68. The summed E-state index contributed by atoms with van der Waals surface area (Å²) in [6.45, 7) is 14.5. The van der Waals surface area contributed by atoms with Crippen molar-refractivity contribution in [1.82, 2.24) is 0 Å². The molecule has 248 valence electrons. The minimum Gasteiger partial charge on any atom is -0.465 e. The van der Waals surface area contributed by atoms with Gasteiger partial charge in [0.2, 0.25) is 0 Å². The molecule has 0 aromatic rings. The monoisotopic (exact) mass is 618 g/mol. The average molecular weight is 619 g/mol. The number of carbonyl (C=O) groups excluding carboxylic acids is 4. The van der Waals surface area contributed by atoms with E-state index < -0.39 is 53.2 Å². The van der Waals surface area contributed by atoms with Gasteiger partial charge in [-0.1, -0.05) is 52.5 Å². The van der Waals surface area contributed by atoms with E-state index in [0.717, 1.165) is 37.7 Å². The van der Waals surface area contributed by atoms with E-state index in [1.54, 1.807) is 0 Å². The number of carbonyl (C=O) groups is 4. The van der Waals surface area contributed by atoms with Crippen LogP contribution in [0.1, 0.15) is 107 Å². The Bertz CT molecular complexity index is 1130. The minimum absolute atomic E-state index is 0.0914. The molecule has 4 aliphatic rings. The smallest absolute Gasteiger partial charge is 0.303 e. The molecule has 0 saturated heterocycles. The van der Waals surface area contributed by atoms with E-state index >= 15 is 0 Å². The molecule has 0 amide bonds. The van der Waals surface area contributed by atoms with Crippen molar-refractivity contribution in [2.45, 2.75) is 131 Å². The lowest BCUT2D eigenvalue weighted by Gasteiger charge is -2.62. The van der Waals surface area contributed by atoms with Crippen LogP contribution in [0.2, 0.25) is 0 Å². The van der Waals surface area contributed by atoms with Crippen LogP contribution in [0.4, 0.5) is 0 Å². The third-order valence-electron chi connectivity index (χ3n) is 11.6. The van der Waals surface area contributed by atoms with Gasteiger partial charge < -0.3 is 24.1 Å². The Kier molecular flexibility index (Phi) is 10.6. The predicted molar refractivity (Wildman–Crippen MR) is 163 cm³/mol. The van der Waals surface area contributed by atoms with Crippen molar-refractivity contribution in [2.24, 2.45) is 46.3 Å². The molecule has 3 fully saturated rings. The maximum atomic E-state index is 12.8. The maximum absolute atomic E-state index is 12.8. The van der Waals surface area contributed by atoms with Crippen LogP contribution in [-0.2, 0) is 38.1 Å². The second kappa shape index (κ2) is 13.5. The summed E-state index contributed by atoms with van der Waals surface area (Å²) in [7, 11) is 0. The molecule has 9 nitrogen and oxygen atoms in total. The Balaban J connectivity index is 1.88. The van der Waals surface area contributed by atoms with Crippen molar-refractivity contribution in [1.29, 1.82) is 0 Å². The molecule has 11 atom stereocenters. The van der Waals surface area contributed by atoms with Gasteiger partial charge in [0.15, 0.2) is 0 Å². The van der Waals surface area contributed by atoms with E-state index in [-0.39, 0.29) is 36.2 Å². The van der Waals surface area contributed by atoms with Gasteiger partial charge in [0, 0.05) is 50.9 Å². The summed E-state index contributed by atoms with van der Waals surface area (Å²) in [5.74, 6) is -1.03. The number of esters is 4. The molecule has 0 unspecified atom stereocenters. The molecule has 3 saturated carbocycles. The third-order valence-corrected chi connectivity index (χ3v) is 11.6.